The molecule has 3 N–H and O–H groups in total. The highest BCUT2D eigenvalue weighted by Gasteiger charge is 2.39. The molecule has 1 heterocycles. The number of ether oxygens (including phenoxy) is 2. The van der Waals surface area contributed by atoms with Crippen LogP contribution in [0.15, 0.2) is 0 Å². The Morgan fingerprint density at radius 3 is 2.58 bits per heavy atom. The zero-order valence-electron chi connectivity index (χ0n) is 11.9. The van der Waals surface area contributed by atoms with Gasteiger partial charge in [0.2, 0.25) is 0 Å². The fourth-order valence-electron chi connectivity index (χ4n) is 2.03. The number of rotatable bonds is 5. The van der Waals surface area contributed by atoms with Crippen molar-refractivity contribution in [3.8, 4) is 0 Å². The first-order chi connectivity index (χ1) is 8.91. The van der Waals surface area contributed by atoms with Crippen molar-refractivity contribution < 1.29 is 19.1 Å². The predicted molar refractivity (Wildman–Crippen MR) is 70.3 cm³/mol. The van der Waals surface area contributed by atoms with Crippen LogP contribution in [0.4, 0.5) is 0 Å². The highest BCUT2D eigenvalue weighted by atomic mass is 16.6. The lowest BCUT2D eigenvalue weighted by Crippen LogP contribution is -2.47. The Morgan fingerprint density at radius 2 is 2.00 bits per heavy atom. The first kappa shape index (κ1) is 15.9. The average Bonchev–Trinajstić information content (AvgIpc) is 2.38. The first-order valence-electron chi connectivity index (χ1n) is 6.71. The summed E-state index contributed by atoms with van der Waals surface area (Å²) < 4.78 is 10.4. The van der Waals surface area contributed by atoms with E-state index in [9.17, 15) is 9.59 Å². The third kappa shape index (κ3) is 4.47. The number of hydrogen-bond donors (Lipinski definition) is 2. The Morgan fingerprint density at radius 1 is 1.32 bits per heavy atom. The van der Waals surface area contributed by atoms with E-state index < -0.39 is 17.4 Å². The van der Waals surface area contributed by atoms with E-state index in [2.05, 4.69) is 5.32 Å². The molecule has 1 rings (SSSR count). The second kappa shape index (κ2) is 6.86. The van der Waals surface area contributed by atoms with Crippen LogP contribution in [0.3, 0.4) is 0 Å². The van der Waals surface area contributed by atoms with E-state index in [4.69, 9.17) is 15.2 Å². The molecule has 19 heavy (non-hydrogen) atoms. The van der Waals surface area contributed by atoms with Crippen LogP contribution in [0.25, 0.3) is 0 Å². The minimum atomic E-state index is -0.707. The molecule has 1 aliphatic rings. The van der Waals surface area contributed by atoms with Gasteiger partial charge < -0.3 is 20.5 Å². The van der Waals surface area contributed by atoms with Crippen molar-refractivity contribution in [1.29, 1.82) is 0 Å². The van der Waals surface area contributed by atoms with Crippen molar-refractivity contribution in [2.75, 3.05) is 26.2 Å². The van der Waals surface area contributed by atoms with Gasteiger partial charge in [-0.3, -0.25) is 9.59 Å². The predicted octanol–water partition coefficient (Wildman–Crippen LogP) is 0.0557. The molecule has 0 unspecified atom stereocenters. The van der Waals surface area contributed by atoms with E-state index in [1.807, 2.05) is 0 Å². The molecule has 0 aromatic heterocycles. The Balaban J connectivity index is 2.71. The molecule has 0 aromatic rings. The Kier molecular flexibility index (Phi) is 5.75. The molecule has 0 aliphatic carbocycles. The minimum Gasteiger partial charge on any atom is -0.466 e. The maximum Gasteiger partial charge on any atom is 0.311 e. The number of hydrogen-bond acceptors (Lipinski definition) is 6. The molecule has 0 aromatic carbocycles. The summed E-state index contributed by atoms with van der Waals surface area (Å²) >= 11 is 0. The lowest BCUT2D eigenvalue weighted by molar-refractivity contribution is -0.169. The number of nitrogens with two attached hydrogens (primary N) is 1. The summed E-state index contributed by atoms with van der Waals surface area (Å²) in [5.74, 6) is -1.64. The minimum absolute atomic E-state index is 0.244. The second-order valence-electron chi connectivity index (χ2n) is 5.34. The zero-order valence-corrected chi connectivity index (χ0v) is 11.9. The lowest BCUT2D eigenvalue weighted by atomic mass is 9.86. The average molecular weight is 272 g/mol. The van der Waals surface area contributed by atoms with Gasteiger partial charge in [-0.05, 0) is 33.7 Å². The van der Waals surface area contributed by atoms with Crippen LogP contribution in [0.2, 0.25) is 0 Å². The summed E-state index contributed by atoms with van der Waals surface area (Å²) in [5.41, 5.74) is 4.84. The number of esters is 2. The van der Waals surface area contributed by atoms with Gasteiger partial charge in [-0.25, -0.2) is 0 Å². The molecule has 110 valence electrons. The van der Waals surface area contributed by atoms with Crippen molar-refractivity contribution in [3.63, 3.8) is 0 Å². The highest BCUT2D eigenvalue weighted by Crippen LogP contribution is 2.24. The normalized spacial score (nSPS) is 23.8. The number of piperidine rings is 1. The summed E-state index contributed by atoms with van der Waals surface area (Å²) in [7, 11) is 0. The quantitative estimate of drug-likeness (QED) is 0.688. The van der Waals surface area contributed by atoms with Crippen LogP contribution in [0.5, 0.6) is 0 Å². The number of carbonyl (C=O) groups is 2. The molecule has 0 saturated carbocycles. The topological polar surface area (TPSA) is 90.6 Å². The van der Waals surface area contributed by atoms with E-state index in [-0.39, 0.29) is 18.5 Å². The molecular weight excluding hydrogens is 248 g/mol. The Labute approximate surface area is 114 Å². The fourth-order valence-corrected chi connectivity index (χ4v) is 2.03. The molecule has 0 amide bonds. The molecule has 6 nitrogen and oxygen atoms in total. The Bertz CT molecular complexity index is 331. The van der Waals surface area contributed by atoms with Gasteiger partial charge >= 0.3 is 11.9 Å². The van der Waals surface area contributed by atoms with Crippen molar-refractivity contribution in [1.82, 2.24) is 5.32 Å². The third-order valence-corrected chi connectivity index (χ3v) is 3.24. The second-order valence-corrected chi connectivity index (χ2v) is 5.34. The van der Waals surface area contributed by atoms with Gasteiger partial charge in [0.05, 0.1) is 18.4 Å². The number of nitrogens with one attached hydrogen (secondary N) is 1. The molecule has 0 spiro atoms. The summed E-state index contributed by atoms with van der Waals surface area (Å²) in [4.78, 5) is 24.0. The summed E-state index contributed by atoms with van der Waals surface area (Å²) in [6, 6.07) is 0. The van der Waals surface area contributed by atoms with E-state index in [1.54, 1.807) is 20.8 Å². The van der Waals surface area contributed by atoms with Crippen LogP contribution in [-0.2, 0) is 19.1 Å². The molecule has 2 atom stereocenters. The van der Waals surface area contributed by atoms with Gasteiger partial charge in [-0.15, -0.1) is 0 Å². The monoisotopic (exact) mass is 272 g/mol. The van der Waals surface area contributed by atoms with Gasteiger partial charge in [0.15, 0.2) is 0 Å². The summed E-state index contributed by atoms with van der Waals surface area (Å²) in [6.07, 6.45) is 0.572. The largest absolute Gasteiger partial charge is 0.466 e. The smallest absolute Gasteiger partial charge is 0.311 e. The van der Waals surface area contributed by atoms with E-state index in [0.29, 0.717) is 26.1 Å². The van der Waals surface area contributed by atoms with Gasteiger partial charge in [0, 0.05) is 13.1 Å². The van der Waals surface area contributed by atoms with Crippen LogP contribution < -0.4 is 11.1 Å². The van der Waals surface area contributed by atoms with Gasteiger partial charge in [-0.1, -0.05) is 0 Å². The molecule has 1 saturated heterocycles. The van der Waals surface area contributed by atoms with E-state index in [1.165, 1.54) is 0 Å². The third-order valence-electron chi connectivity index (χ3n) is 3.24. The molecular formula is C13H24N2O4. The van der Waals surface area contributed by atoms with Crippen molar-refractivity contribution in [2.45, 2.75) is 32.8 Å². The van der Waals surface area contributed by atoms with Crippen LogP contribution in [0, 0.1) is 11.8 Å². The number of carbonyl (C=O) groups excluding carboxylic acids is 2. The molecule has 1 fully saturated rings. The fraction of sp³-hybridized carbons (Fsp3) is 0.846. The lowest BCUT2D eigenvalue weighted by Gasteiger charge is -2.32. The van der Waals surface area contributed by atoms with Gasteiger partial charge in [0.1, 0.15) is 5.60 Å². The van der Waals surface area contributed by atoms with Gasteiger partial charge in [-0.2, -0.15) is 0 Å². The maximum atomic E-state index is 12.2. The van der Waals surface area contributed by atoms with E-state index >= 15 is 0 Å². The maximum absolute atomic E-state index is 12.2. The van der Waals surface area contributed by atoms with Crippen molar-refractivity contribution >= 4 is 11.9 Å². The SMILES string of the molecule is CCOC(=O)[C@H]1CNCC[C@H]1C(=O)OC(C)(C)CN. The summed E-state index contributed by atoms with van der Waals surface area (Å²) in [6.45, 7) is 6.95. The van der Waals surface area contributed by atoms with Crippen LogP contribution >= 0.6 is 0 Å². The van der Waals surface area contributed by atoms with Crippen molar-refractivity contribution in [3.05, 3.63) is 0 Å². The van der Waals surface area contributed by atoms with E-state index in [0.717, 1.165) is 0 Å². The molecule has 6 heteroatoms. The standard InChI is InChI=1S/C13H24N2O4/c1-4-18-11(16)10-7-15-6-5-9(10)12(17)19-13(2,3)8-14/h9-10,15H,4-8,14H2,1-3H3/t9-,10+/m1/s1. The first-order valence-corrected chi connectivity index (χ1v) is 6.71. The van der Waals surface area contributed by atoms with Crippen LogP contribution in [-0.4, -0.2) is 43.8 Å². The molecule has 1 aliphatic heterocycles. The highest BCUT2D eigenvalue weighted by molar-refractivity contribution is 5.82. The van der Waals surface area contributed by atoms with Crippen LogP contribution in [0.1, 0.15) is 27.2 Å². The van der Waals surface area contributed by atoms with Gasteiger partial charge in [0.25, 0.3) is 0 Å². The van der Waals surface area contributed by atoms with Crippen molar-refractivity contribution in [2.24, 2.45) is 17.6 Å². The molecule has 0 radical (unpaired) electrons. The zero-order chi connectivity index (χ0) is 14.5. The Hall–Kier alpha value is -1.14. The summed E-state index contributed by atoms with van der Waals surface area (Å²) in [5, 5.41) is 3.10. The molecule has 0 bridgehead atoms.